The summed E-state index contributed by atoms with van der Waals surface area (Å²) in [5, 5.41) is 17.5. The van der Waals surface area contributed by atoms with Gasteiger partial charge in [0, 0.05) is 6.04 Å². The maximum Gasteiger partial charge on any atom is 0.352 e. The van der Waals surface area contributed by atoms with Gasteiger partial charge in [-0.25, -0.2) is 4.79 Å². The quantitative estimate of drug-likeness (QED) is 0.748. The van der Waals surface area contributed by atoms with Gasteiger partial charge in [-0.1, -0.05) is 0 Å². The average molecular weight is 178 g/mol. The summed E-state index contributed by atoms with van der Waals surface area (Å²) < 4.78 is 1.50. The van der Waals surface area contributed by atoms with E-state index in [0.29, 0.717) is 5.69 Å². The molecule has 0 radical (unpaired) electrons. The Bertz CT molecular complexity index is 371. The summed E-state index contributed by atoms with van der Waals surface area (Å²) in [4.78, 5) is 10.7. The summed E-state index contributed by atoms with van der Waals surface area (Å²) in [7, 11) is 0. The summed E-state index contributed by atoms with van der Waals surface area (Å²) in [5.41, 5.74) is 0.541. The first-order valence-corrected chi connectivity index (χ1v) is 3.92. The first-order valence-electron chi connectivity index (χ1n) is 3.92. The highest BCUT2D eigenvalue weighted by molar-refractivity contribution is 5.86. The lowest BCUT2D eigenvalue weighted by atomic mass is 10.3. The van der Waals surface area contributed by atoms with E-state index in [1.165, 1.54) is 16.7 Å². The molecule has 1 N–H and O–H groups in total. The van der Waals surface area contributed by atoms with E-state index < -0.39 is 5.97 Å². The molecule has 0 fully saturated rings. The van der Waals surface area contributed by atoms with E-state index in [1.54, 1.807) is 0 Å². The van der Waals surface area contributed by atoms with Gasteiger partial charge in [0.2, 0.25) is 0 Å². The Hall–Kier alpha value is -1.76. The fourth-order valence-corrected chi connectivity index (χ4v) is 1.27. The van der Waals surface area contributed by atoms with Crippen LogP contribution < -0.4 is 0 Å². The van der Waals surface area contributed by atoms with Crippen molar-refractivity contribution in [2.75, 3.05) is 0 Å². The van der Waals surface area contributed by atoms with Crippen LogP contribution in [0.5, 0.6) is 0 Å². The molecule has 0 saturated heterocycles. The van der Waals surface area contributed by atoms with Gasteiger partial charge in [-0.2, -0.15) is 5.26 Å². The molecular formula is C9H10N2O2. The van der Waals surface area contributed by atoms with Gasteiger partial charge in [0.25, 0.3) is 0 Å². The number of nitrogens with zero attached hydrogens (tertiary/aromatic N) is 2. The topological polar surface area (TPSA) is 66.0 Å². The molecule has 0 unspecified atom stereocenters. The molecule has 1 heterocycles. The van der Waals surface area contributed by atoms with E-state index in [-0.39, 0.29) is 11.7 Å². The normalized spacial score (nSPS) is 10.0. The third-order valence-electron chi connectivity index (χ3n) is 1.77. The maximum atomic E-state index is 10.7. The Kier molecular flexibility index (Phi) is 2.38. The molecule has 0 saturated carbocycles. The van der Waals surface area contributed by atoms with Gasteiger partial charge in [-0.05, 0) is 26.0 Å². The van der Waals surface area contributed by atoms with Gasteiger partial charge in [0.05, 0.1) is 0 Å². The zero-order chi connectivity index (χ0) is 10.0. The minimum Gasteiger partial charge on any atom is -0.477 e. The van der Waals surface area contributed by atoms with E-state index in [9.17, 15) is 4.79 Å². The number of hydrogen-bond acceptors (Lipinski definition) is 2. The Labute approximate surface area is 76.0 Å². The molecule has 0 aliphatic rings. The lowest BCUT2D eigenvalue weighted by Gasteiger charge is -2.11. The second-order valence-electron chi connectivity index (χ2n) is 2.98. The molecule has 0 spiro atoms. The Morgan fingerprint density at radius 1 is 1.62 bits per heavy atom. The third kappa shape index (κ3) is 1.54. The van der Waals surface area contributed by atoms with Gasteiger partial charge < -0.3 is 9.67 Å². The number of hydrogen-bond donors (Lipinski definition) is 1. The lowest BCUT2D eigenvalue weighted by Crippen LogP contribution is -2.11. The number of carboxylic acid groups (broad SMARTS) is 1. The number of carbonyl (C=O) groups is 1. The number of aromatic carboxylic acids is 1. The molecule has 0 aromatic carbocycles. The molecule has 68 valence electrons. The second kappa shape index (κ2) is 3.31. The molecule has 1 aromatic rings. The average Bonchev–Trinajstić information content (AvgIpc) is 2.46. The van der Waals surface area contributed by atoms with E-state index in [1.807, 2.05) is 19.9 Å². The van der Waals surface area contributed by atoms with E-state index in [2.05, 4.69) is 0 Å². The third-order valence-corrected chi connectivity index (χ3v) is 1.77. The van der Waals surface area contributed by atoms with Crippen LogP contribution in [0.2, 0.25) is 0 Å². The van der Waals surface area contributed by atoms with Crippen LogP contribution in [0.4, 0.5) is 0 Å². The van der Waals surface area contributed by atoms with Crippen molar-refractivity contribution in [3.8, 4) is 6.07 Å². The van der Waals surface area contributed by atoms with Crippen LogP contribution in [0.25, 0.3) is 0 Å². The lowest BCUT2D eigenvalue weighted by molar-refractivity contribution is 0.0683. The Morgan fingerprint density at radius 3 is 2.62 bits per heavy atom. The maximum absolute atomic E-state index is 10.7. The minimum absolute atomic E-state index is 0.0178. The van der Waals surface area contributed by atoms with Crippen molar-refractivity contribution < 1.29 is 9.90 Å². The Morgan fingerprint density at radius 2 is 2.23 bits per heavy atom. The number of rotatable bonds is 2. The molecular weight excluding hydrogens is 168 g/mol. The molecule has 1 aromatic heterocycles. The van der Waals surface area contributed by atoms with Crippen LogP contribution in [-0.2, 0) is 0 Å². The predicted molar refractivity (Wildman–Crippen MR) is 46.5 cm³/mol. The number of carboxylic acids is 1. The fraction of sp³-hybridized carbons (Fsp3) is 0.333. The van der Waals surface area contributed by atoms with Gasteiger partial charge >= 0.3 is 5.97 Å². The molecule has 4 nitrogen and oxygen atoms in total. The molecule has 0 amide bonds. The standard InChI is InChI=1S/C9H10N2O2/c1-6(2)11-7(5-10)3-4-8(11)9(12)13/h3-4,6H,1-2H3,(H,12,13). The van der Waals surface area contributed by atoms with Gasteiger partial charge in [-0.15, -0.1) is 0 Å². The first-order chi connectivity index (χ1) is 6.07. The highest BCUT2D eigenvalue weighted by atomic mass is 16.4. The van der Waals surface area contributed by atoms with Crippen LogP contribution in [0.3, 0.4) is 0 Å². The molecule has 4 heteroatoms. The van der Waals surface area contributed by atoms with Crippen molar-refractivity contribution in [1.29, 1.82) is 5.26 Å². The SMILES string of the molecule is CC(C)n1c(C#N)ccc1C(=O)O. The second-order valence-corrected chi connectivity index (χ2v) is 2.98. The van der Waals surface area contributed by atoms with Crippen LogP contribution in [0.1, 0.15) is 36.1 Å². The van der Waals surface area contributed by atoms with Crippen LogP contribution in [0.15, 0.2) is 12.1 Å². The molecule has 13 heavy (non-hydrogen) atoms. The van der Waals surface area contributed by atoms with Crippen LogP contribution in [-0.4, -0.2) is 15.6 Å². The zero-order valence-electron chi connectivity index (χ0n) is 7.48. The highest BCUT2D eigenvalue weighted by Gasteiger charge is 2.15. The zero-order valence-corrected chi connectivity index (χ0v) is 7.48. The van der Waals surface area contributed by atoms with Crippen molar-refractivity contribution >= 4 is 5.97 Å². The summed E-state index contributed by atoms with van der Waals surface area (Å²) in [6, 6.07) is 4.90. The van der Waals surface area contributed by atoms with Crippen molar-refractivity contribution in [2.45, 2.75) is 19.9 Å². The Balaban J connectivity index is 3.32. The van der Waals surface area contributed by atoms with Crippen molar-refractivity contribution in [3.05, 3.63) is 23.5 Å². The van der Waals surface area contributed by atoms with E-state index in [0.717, 1.165) is 0 Å². The van der Waals surface area contributed by atoms with Crippen LogP contribution >= 0.6 is 0 Å². The fourth-order valence-electron chi connectivity index (χ4n) is 1.27. The predicted octanol–water partition coefficient (Wildman–Crippen LogP) is 1.64. The molecule has 0 aliphatic heterocycles. The first kappa shape index (κ1) is 9.33. The molecule has 0 atom stereocenters. The van der Waals surface area contributed by atoms with E-state index in [4.69, 9.17) is 10.4 Å². The van der Waals surface area contributed by atoms with Crippen LogP contribution in [0, 0.1) is 11.3 Å². The van der Waals surface area contributed by atoms with Gasteiger partial charge in [-0.3, -0.25) is 0 Å². The van der Waals surface area contributed by atoms with Crippen molar-refractivity contribution in [2.24, 2.45) is 0 Å². The molecule has 1 rings (SSSR count). The van der Waals surface area contributed by atoms with Crippen molar-refractivity contribution in [1.82, 2.24) is 4.57 Å². The van der Waals surface area contributed by atoms with Gasteiger partial charge in [0.15, 0.2) is 0 Å². The van der Waals surface area contributed by atoms with Gasteiger partial charge in [0.1, 0.15) is 17.5 Å². The summed E-state index contributed by atoms with van der Waals surface area (Å²) in [5.74, 6) is -1.00. The van der Waals surface area contributed by atoms with Crippen molar-refractivity contribution in [3.63, 3.8) is 0 Å². The number of nitriles is 1. The number of aromatic nitrogens is 1. The minimum atomic E-state index is -1.00. The van der Waals surface area contributed by atoms with E-state index >= 15 is 0 Å². The summed E-state index contributed by atoms with van der Waals surface area (Å²) in [6.07, 6.45) is 0. The molecule has 0 aliphatic carbocycles. The highest BCUT2D eigenvalue weighted by Crippen LogP contribution is 2.15. The molecule has 0 bridgehead atoms. The monoisotopic (exact) mass is 178 g/mol. The smallest absolute Gasteiger partial charge is 0.352 e. The summed E-state index contributed by atoms with van der Waals surface area (Å²) in [6.45, 7) is 3.68. The summed E-state index contributed by atoms with van der Waals surface area (Å²) >= 11 is 0. The largest absolute Gasteiger partial charge is 0.477 e.